The maximum absolute atomic E-state index is 9.95. The number of nitrogens with two attached hydrogens (primary N) is 1. The first-order chi connectivity index (χ1) is 12.5. The minimum absolute atomic E-state index is 0.206. The van der Waals surface area contributed by atoms with Crippen LogP contribution in [0.25, 0.3) is 12.2 Å². The molecule has 0 saturated heterocycles. The average molecular weight is 344 g/mol. The van der Waals surface area contributed by atoms with E-state index in [1.165, 1.54) is 5.01 Å². The largest absolute Gasteiger partial charge is 0.508 e. The second-order valence-corrected chi connectivity index (χ2v) is 6.00. The van der Waals surface area contributed by atoms with Gasteiger partial charge in [0.05, 0.1) is 16.6 Å². The number of hydrogen-bond acceptors (Lipinski definition) is 4. The summed E-state index contributed by atoms with van der Waals surface area (Å²) in [6, 6.07) is 9.87. The Morgan fingerprint density at radius 2 is 1.96 bits per heavy atom. The Balaban J connectivity index is 2.15. The van der Waals surface area contributed by atoms with Crippen LogP contribution in [0.3, 0.4) is 0 Å². The minimum atomic E-state index is 0.206. The van der Waals surface area contributed by atoms with Gasteiger partial charge in [-0.05, 0) is 49.6 Å². The number of hydrazine groups is 1. The zero-order valence-electron chi connectivity index (χ0n) is 14.8. The van der Waals surface area contributed by atoms with E-state index in [1.54, 1.807) is 19.2 Å². The predicted molar refractivity (Wildman–Crippen MR) is 103 cm³/mol. The Hall–Kier alpha value is -3.41. The highest BCUT2D eigenvalue weighted by atomic mass is 16.3. The van der Waals surface area contributed by atoms with Gasteiger partial charge in [-0.3, -0.25) is 0 Å². The molecule has 1 aromatic heterocycles. The Bertz CT molecular complexity index is 1080. The van der Waals surface area contributed by atoms with Gasteiger partial charge in [0.15, 0.2) is 0 Å². The van der Waals surface area contributed by atoms with Crippen molar-refractivity contribution in [3.8, 4) is 17.9 Å². The highest BCUT2D eigenvalue weighted by molar-refractivity contribution is 5.57. The highest BCUT2D eigenvalue weighted by Crippen LogP contribution is 2.11. The van der Waals surface area contributed by atoms with Crippen molar-refractivity contribution in [2.24, 2.45) is 5.84 Å². The normalized spacial score (nSPS) is 12.3. The molecule has 1 aliphatic rings. The molecule has 0 spiro atoms. The van der Waals surface area contributed by atoms with Crippen LogP contribution < -0.4 is 21.4 Å². The molecule has 130 valence electrons. The predicted octanol–water partition coefficient (Wildman–Crippen LogP) is 1.50. The van der Waals surface area contributed by atoms with E-state index in [4.69, 9.17) is 5.84 Å². The second kappa shape index (κ2) is 7.23. The third-order valence-electron chi connectivity index (χ3n) is 4.30. The fourth-order valence-corrected chi connectivity index (χ4v) is 3.00. The zero-order valence-corrected chi connectivity index (χ0v) is 14.8. The summed E-state index contributed by atoms with van der Waals surface area (Å²) in [4.78, 5) is 0. The van der Waals surface area contributed by atoms with Crippen LogP contribution in [0, 0.1) is 23.2 Å². The first-order valence-electron chi connectivity index (χ1n) is 8.39. The van der Waals surface area contributed by atoms with E-state index >= 15 is 0 Å². The first-order valence-corrected chi connectivity index (χ1v) is 8.39. The number of aromatic nitrogens is 1. The quantitative estimate of drug-likeness (QED) is 0.492. The second-order valence-electron chi connectivity index (χ2n) is 6.00. The third kappa shape index (κ3) is 3.21. The SMILES string of the molecule is CCn1c(C#Cc2ccc(N(C)N)cc2)c(C#N)c2c1=CC(O)=CCC=2. The molecule has 0 atom stereocenters. The molecule has 0 fully saturated rings. The number of benzene rings is 1. The Morgan fingerprint density at radius 1 is 1.23 bits per heavy atom. The van der Waals surface area contributed by atoms with Crippen molar-refractivity contribution >= 4 is 17.8 Å². The number of aliphatic hydroxyl groups is 1. The molecule has 0 unspecified atom stereocenters. The lowest BCUT2D eigenvalue weighted by Gasteiger charge is -2.10. The Morgan fingerprint density at radius 3 is 2.58 bits per heavy atom. The van der Waals surface area contributed by atoms with Crippen LogP contribution in [0.15, 0.2) is 36.1 Å². The topological polar surface area (TPSA) is 78.2 Å². The van der Waals surface area contributed by atoms with Crippen molar-refractivity contribution in [2.45, 2.75) is 19.9 Å². The molecule has 1 heterocycles. The Labute approximate surface area is 152 Å². The van der Waals surface area contributed by atoms with Gasteiger partial charge < -0.3 is 14.7 Å². The first kappa shape index (κ1) is 17.4. The number of rotatable bonds is 2. The molecule has 0 saturated carbocycles. The molecular weight excluding hydrogens is 324 g/mol. The van der Waals surface area contributed by atoms with Crippen LogP contribution in [-0.2, 0) is 6.54 Å². The van der Waals surface area contributed by atoms with Gasteiger partial charge in [0.25, 0.3) is 0 Å². The maximum atomic E-state index is 9.95. The van der Waals surface area contributed by atoms with E-state index < -0.39 is 0 Å². The van der Waals surface area contributed by atoms with Crippen molar-refractivity contribution in [2.75, 3.05) is 12.1 Å². The van der Waals surface area contributed by atoms with E-state index in [1.807, 2.05) is 41.8 Å². The summed E-state index contributed by atoms with van der Waals surface area (Å²) in [5.74, 6) is 12.2. The molecule has 5 nitrogen and oxygen atoms in total. The summed E-state index contributed by atoms with van der Waals surface area (Å²) in [5, 5.41) is 22.8. The fourth-order valence-electron chi connectivity index (χ4n) is 3.00. The maximum Gasteiger partial charge on any atom is 0.114 e. The van der Waals surface area contributed by atoms with E-state index in [2.05, 4.69) is 17.9 Å². The molecule has 0 radical (unpaired) electrons. The van der Waals surface area contributed by atoms with Gasteiger partial charge in [0.2, 0.25) is 0 Å². The lowest BCUT2D eigenvalue weighted by molar-refractivity contribution is 0.439. The van der Waals surface area contributed by atoms with Crippen LogP contribution in [0.5, 0.6) is 0 Å². The summed E-state index contributed by atoms with van der Waals surface area (Å²) < 4.78 is 1.97. The lowest BCUT2D eigenvalue weighted by atomic mass is 10.1. The van der Waals surface area contributed by atoms with Gasteiger partial charge in [0.1, 0.15) is 17.5 Å². The van der Waals surface area contributed by atoms with Crippen molar-refractivity contribution < 1.29 is 5.11 Å². The number of hydrogen-bond donors (Lipinski definition) is 2. The lowest BCUT2D eigenvalue weighted by Crippen LogP contribution is -2.29. The van der Waals surface area contributed by atoms with E-state index in [0.717, 1.165) is 21.8 Å². The molecule has 1 aromatic carbocycles. The molecular formula is C21H20N4O. The number of nitriles is 1. The monoisotopic (exact) mass is 344 g/mol. The van der Waals surface area contributed by atoms with Gasteiger partial charge in [-0.2, -0.15) is 5.26 Å². The number of anilines is 1. The zero-order chi connectivity index (χ0) is 18.7. The van der Waals surface area contributed by atoms with Gasteiger partial charge in [-0.1, -0.05) is 12.0 Å². The van der Waals surface area contributed by atoms with Crippen molar-refractivity contribution in [3.05, 3.63) is 63.5 Å². The third-order valence-corrected chi connectivity index (χ3v) is 4.30. The number of aliphatic hydroxyl groups excluding tert-OH is 1. The summed E-state index contributed by atoms with van der Waals surface area (Å²) in [6.45, 7) is 2.65. The summed E-state index contributed by atoms with van der Waals surface area (Å²) in [7, 11) is 1.78. The number of nitrogens with zero attached hydrogens (tertiary/aromatic N) is 3. The van der Waals surface area contributed by atoms with Crippen molar-refractivity contribution in [3.63, 3.8) is 0 Å². The van der Waals surface area contributed by atoms with Gasteiger partial charge in [-0.25, -0.2) is 5.84 Å². The number of fused-ring (bicyclic) bond motifs is 1. The van der Waals surface area contributed by atoms with E-state index in [-0.39, 0.29) is 5.76 Å². The highest BCUT2D eigenvalue weighted by Gasteiger charge is 2.13. The summed E-state index contributed by atoms with van der Waals surface area (Å²) in [5.41, 5.74) is 2.95. The molecule has 0 bridgehead atoms. The molecule has 3 N–H and O–H groups in total. The van der Waals surface area contributed by atoms with Crippen LogP contribution in [-0.4, -0.2) is 16.7 Å². The molecule has 2 aromatic rings. The van der Waals surface area contributed by atoms with Gasteiger partial charge in [0, 0.05) is 30.5 Å². The van der Waals surface area contributed by atoms with E-state index in [9.17, 15) is 10.4 Å². The smallest absolute Gasteiger partial charge is 0.114 e. The van der Waals surface area contributed by atoms with E-state index in [0.29, 0.717) is 24.2 Å². The van der Waals surface area contributed by atoms with Crippen molar-refractivity contribution in [1.29, 1.82) is 5.26 Å². The number of allylic oxidation sites excluding steroid dienone is 2. The average Bonchev–Trinajstić information content (AvgIpc) is 2.77. The van der Waals surface area contributed by atoms with Crippen LogP contribution >= 0.6 is 0 Å². The molecule has 26 heavy (non-hydrogen) atoms. The fraction of sp³-hybridized carbons (Fsp3) is 0.190. The molecule has 5 heteroatoms. The van der Waals surface area contributed by atoms with Crippen molar-refractivity contribution in [1.82, 2.24) is 4.57 Å². The van der Waals surface area contributed by atoms with Crippen LogP contribution in [0.4, 0.5) is 5.69 Å². The van der Waals surface area contributed by atoms with Gasteiger partial charge in [-0.15, -0.1) is 0 Å². The summed E-state index contributed by atoms with van der Waals surface area (Å²) in [6.07, 6.45) is 5.96. The minimum Gasteiger partial charge on any atom is -0.508 e. The molecule has 3 rings (SSSR count). The summed E-state index contributed by atoms with van der Waals surface area (Å²) >= 11 is 0. The molecule has 0 amide bonds. The molecule has 0 aliphatic heterocycles. The van der Waals surface area contributed by atoms with Gasteiger partial charge >= 0.3 is 0 Å². The van der Waals surface area contributed by atoms with Crippen LogP contribution in [0.1, 0.15) is 30.2 Å². The Kier molecular flexibility index (Phi) is 4.84. The molecule has 1 aliphatic carbocycles. The van der Waals surface area contributed by atoms with Crippen LogP contribution in [0.2, 0.25) is 0 Å². The standard InChI is InChI=1S/C21H20N4O/c1-3-25-20(12-9-15-7-10-16(11-8-15)24(2)23)19(14-22)18-6-4-5-17(26)13-21(18)25/h5-8,10-11,13,26H,3-4,23H2,1-2H3.